The number of hydrogen-bond donors (Lipinski definition) is 0. The highest BCUT2D eigenvalue weighted by molar-refractivity contribution is 6.29. The third kappa shape index (κ3) is 4.17. The summed E-state index contributed by atoms with van der Waals surface area (Å²) in [5.41, 5.74) is 1.42. The van der Waals surface area contributed by atoms with Crippen molar-refractivity contribution in [3.05, 3.63) is 46.6 Å². The van der Waals surface area contributed by atoms with Gasteiger partial charge in [0.25, 0.3) is 11.8 Å². The van der Waals surface area contributed by atoms with E-state index in [1.54, 1.807) is 24.3 Å². The van der Waals surface area contributed by atoms with E-state index in [0.717, 1.165) is 4.90 Å². The lowest BCUT2D eigenvalue weighted by Crippen LogP contribution is -2.58. The highest BCUT2D eigenvalue weighted by Gasteiger charge is 2.46. The third-order valence-corrected chi connectivity index (χ3v) is 4.14. The van der Waals surface area contributed by atoms with Gasteiger partial charge in [-0.25, -0.2) is 13.8 Å². The molecule has 0 N–H and O–H groups in total. The number of aromatic nitrogens is 1. The summed E-state index contributed by atoms with van der Waals surface area (Å²) >= 11 is 6.07. The van der Waals surface area contributed by atoms with Crippen LogP contribution in [0.3, 0.4) is 0 Å². The molecule has 2 heterocycles. The molecule has 3 rings (SSSR count). The summed E-state index contributed by atoms with van der Waals surface area (Å²) in [6, 6.07) is 9.67. The first-order chi connectivity index (χ1) is 12.7. The fourth-order valence-corrected chi connectivity index (χ4v) is 3.00. The van der Waals surface area contributed by atoms with Crippen LogP contribution in [-0.2, 0) is 0 Å². The van der Waals surface area contributed by atoms with Crippen LogP contribution in [0.1, 0.15) is 29.8 Å². The highest BCUT2D eigenvalue weighted by atomic mass is 35.5. The van der Waals surface area contributed by atoms with Gasteiger partial charge in [0.1, 0.15) is 5.15 Å². The SMILES string of the molecule is CC(C)Oc1cc(-c2ccc(C#N)cc2C(=O)N2CC(F)(F)C2)cc(Cl)n1. The highest BCUT2D eigenvalue weighted by Crippen LogP contribution is 2.33. The van der Waals surface area contributed by atoms with Gasteiger partial charge in [0, 0.05) is 11.6 Å². The first-order valence-corrected chi connectivity index (χ1v) is 8.62. The van der Waals surface area contributed by atoms with E-state index in [2.05, 4.69) is 4.98 Å². The molecule has 2 aromatic rings. The molecule has 5 nitrogen and oxygen atoms in total. The van der Waals surface area contributed by atoms with Crippen LogP contribution in [0.25, 0.3) is 11.1 Å². The van der Waals surface area contributed by atoms with Gasteiger partial charge in [0.05, 0.1) is 30.8 Å². The van der Waals surface area contributed by atoms with Crippen molar-refractivity contribution in [2.75, 3.05) is 13.1 Å². The molecule has 0 unspecified atom stereocenters. The van der Waals surface area contributed by atoms with E-state index in [4.69, 9.17) is 21.6 Å². The number of benzene rings is 1. The quantitative estimate of drug-likeness (QED) is 0.734. The van der Waals surface area contributed by atoms with E-state index in [1.807, 2.05) is 19.9 Å². The molecule has 140 valence electrons. The van der Waals surface area contributed by atoms with Crippen molar-refractivity contribution in [2.45, 2.75) is 25.9 Å². The van der Waals surface area contributed by atoms with Crippen molar-refractivity contribution in [1.82, 2.24) is 9.88 Å². The molecule has 0 spiro atoms. The molecule has 0 radical (unpaired) electrons. The van der Waals surface area contributed by atoms with Gasteiger partial charge >= 0.3 is 0 Å². The fourth-order valence-electron chi connectivity index (χ4n) is 2.80. The van der Waals surface area contributed by atoms with Crippen molar-refractivity contribution in [2.24, 2.45) is 0 Å². The lowest BCUT2D eigenvalue weighted by atomic mass is 9.96. The first kappa shape index (κ1) is 19.1. The number of pyridine rings is 1. The monoisotopic (exact) mass is 391 g/mol. The van der Waals surface area contributed by atoms with Crippen LogP contribution in [0.4, 0.5) is 8.78 Å². The molecule has 0 atom stereocenters. The number of carbonyl (C=O) groups is 1. The summed E-state index contributed by atoms with van der Waals surface area (Å²) in [5.74, 6) is -3.15. The zero-order valence-corrected chi connectivity index (χ0v) is 15.4. The Morgan fingerprint density at radius 1 is 1.33 bits per heavy atom. The van der Waals surface area contributed by atoms with Crippen LogP contribution in [0.15, 0.2) is 30.3 Å². The lowest BCUT2D eigenvalue weighted by molar-refractivity contribution is -0.113. The summed E-state index contributed by atoms with van der Waals surface area (Å²) in [7, 11) is 0. The molecule has 1 aromatic carbocycles. The van der Waals surface area contributed by atoms with E-state index in [9.17, 15) is 13.6 Å². The normalized spacial score (nSPS) is 15.2. The molecule has 0 saturated carbocycles. The molecule has 8 heteroatoms. The number of amides is 1. The number of rotatable bonds is 4. The average Bonchev–Trinajstić information content (AvgIpc) is 2.57. The molecule has 27 heavy (non-hydrogen) atoms. The standard InChI is InChI=1S/C19H16ClF2N3O2/c1-11(2)27-17-7-13(6-16(20)24-17)14-4-3-12(8-23)5-15(14)18(26)25-9-19(21,22)10-25/h3-7,11H,9-10H2,1-2H3. The predicted molar refractivity (Wildman–Crippen MR) is 96.0 cm³/mol. The fraction of sp³-hybridized carbons (Fsp3) is 0.316. The summed E-state index contributed by atoms with van der Waals surface area (Å²) in [6.07, 6.45) is -0.130. The maximum absolute atomic E-state index is 13.2. The second-order valence-electron chi connectivity index (χ2n) is 6.57. The Morgan fingerprint density at radius 3 is 2.63 bits per heavy atom. The Hall–Kier alpha value is -2.72. The van der Waals surface area contributed by atoms with Crippen molar-refractivity contribution in [3.63, 3.8) is 0 Å². The number of nitriles is 1. The number of ether oxygens (including phenoxy) is 1. The molecule has 1 saturated heterocycles. The van der Waals surface area contributed by atoms with E-state index in [1.165, 1.54) is 6.07 Å². The Bertz CT molecular complexity index is 933. The predicted octanol–water partition coefficient (Wildman–Crippen LogP) is 4.15. The zero-order chi connectivity index (χ0) is 19.8. The van der Waals surface area contributed by atoms with Crippen LogP contribution in [0.2, 0.25) is 5.15 Å². The number of halogens is 3. The van der Waals surface area contributed by atoms with Gasteiger partial charge in [-0.1, -0.05) is 17.7 Å². The van der Waals surface area contributed by atoms with E-state index < -0.39 is 24.9 Å². The summed E-state index contributed by atoms with van der Waals surface area (Å²) < 4.78 is 31.9. The second-order valence-corrected chi connectivity index (χ2v) is 6.96. The van der Waals surface area contributed by atoms with Crippen LogP contribution in [-0.4, -0.2) is 40.9 Å². The van der Waals surface area contributed by atoms with Gasteiger partial charge in [-0.15, -0.1) is 0 Å². The van der Waals surface area contributed by atoms with E-state index in [0.29, 0.717) is 11.1 Å². The summed E-state index contributed by atoms with van der Waals surface area (Å²) in [4.78, 5) is 17.9. The number of likely N-dealkylation sites (tertiary alicyclic amines) is 1. The van der Waals surface area contributed by atoms with E-state index in [-0.39, 0.29) is 28.3 Å². The summed E-state index contributed by atoms with van der Waals surface area (Å²) in [5, 5.41) is 9.31. The van der Waals surface area contributed by atoms with Crippen LogP contribution in [0.5, 0.6) is 5.88 Å². The molecule has 0 aliphatic carbocycles. The summed E-state index contributed by atoms with van der Waals surface area (Å²) in [6.45, 7) is 2.40. The van der Waals surface area contributed by atoms with Gasteiger partial charge < -0.3 is 9.64 Å². The number of nitrogens with zero attached hydrogens (tertiary/aromatic N) is 3. The van der Waals surface area contributed by atoms with Gasteiger partial charge in [-0.3, -0.25) is 4.79 Å². The van der Waals surface area contributed by atoms with Crippen LogP contribution in [0, 0.1) is 11.3 Å². The molecular weight excluding hydrogens is 376 g/mol. The van der Waals surface area contributed by atoms with Crippen molar-refractivity contribution >= 4 is 17.5 Å². The Kier molecular flexibility index (Phi) is 5.03. The van der Waals surface area contributed by atoms with Crippen molar-refractivity contribution in [1.29, 1.82) is 5.26 Å². The topological polar surface area (TPSA) is 66.2 Å². The molecule has 1 fully saturated rings. The average molecular weight is 392 g/mol. The molecule has 1 aliphatic heterocycles. The smallest absolute Gasteiger partial charge is 0.282 e. The van der Waals surface area contributed by atoms with Gasteiger partial charge in [-0.2, -0.15) is 5.26 Å². The Morgan fingerprint density at radius 2 is 2.04 bits per heavy atom. The molecule has 0 bridgehead atoms. The maximum atomic E-state index is 13.2. The number of alkyl halides is 2. The van der Waals surface area contributed by atoms with Crippen LogP contribution >= 0.6 is 11.6 Å². The minimum absolute atomic E-state index is 0.130. The minimum atomic E-state index is -2.87. The van der Waals surface area contributed by atoms with Crippen molar-refractivity contribution in [3.8, 4) is 23.1 Å². The van der Waals surface area contributed by atoms with Crippen LogP contribution < -0.4 is 4.74 Å². The van der Waals surface area contributed by atoms with Gasteiger partial charge in [0.2, 0.25) is 5.88 Å². The largest absolute Gasteiger partial charge is 0.475 e. The van der Waals surface area contributed by atoms with Gasteiger partial charge in [-0.05, 0) is 43.2 Å². The number of hydrogen-bond acceptors (Lipinski definition) is 4. The minimum Gasteiger partial charge on any atom is -0.475 e. The number of carbonyl (C=O) groups excluding carboxylic acids is 1. The molecule has 1 amide bonds. The van der Waals surface area contributed by atoms with Crippen molar-refractivity contribution < 1.29 is 18.3 Å². The Balaban J connectivity index is 2.05. The van der Waals surface area contributed by atoms with E-state index >= 15 is 0 Å². The maximum Gasteiger partial charge on any atom is 0.282 e. The second kappa shape index (κ2) is 7.12. The Labute approximate surface area is 160 Å². The molecular formula is C19H16ClF2N3O2. The first-order valence-electron chi connectivity index (χ1n) is 8.24. The molecule has 1 aliphatic rings. The third-order valence-electron chi connectivity index (χ3n) is 3.95. The lowest BCUT2D eigenvalue weighted by Gasteiger charge is -2.39. The van der Waals surface area contributed by atoms with Gasteiger partial charge in [0.15, 0.2) is 0 Å². The molecule has 1 aromatic heterocycles. The zero-order valence-electron chi connectivity index (χ0n) is 14.7.